The Balaban J connectivity index is 2.94. The first-order chi connectivity index (χ1) is 25.2. The topological polar surface area (TPSA) is 46.2 Å². The molecule has 1 fully saturated rings. The van der Waals surface area contributed by atoms with E-state index in [9.17, 15) is 0 Å². The molecule has 0 radical (unpaired) electrons. The molecule has 57 heavy (non-hydrogen) atoms. The normalized spacial score (nSPS) is 18.1. The monoisotopic (exact) mass is 917 g/mol. The van der Waals surface area contributed by atoms with Crippen molar-refractivity contribution in [3.8, 4) is 11.5 Å². The Morgan fingerprint density at radius 1 is 0.649 bits per heavy atom. The summed E-state index contributed by atoms with van der Waals surface area (Å²) in [6.45, 7) is 59.2. The van der Waals surface area contributed by atoms with Crippen LogP contribution in [0.3, 0.4) is 0 Å². The standard InChI is InChI=1S/C45H92O5S2Si5/c1-34(47-55(20,21)42(6,7)8)29-37(48-53(15,16)17)32-45(51-27-26-28-52-45)31-36-30-39(49-56(22,23)43(9,10)11)35(2)40(50-57(24,25)44(12,13)14)38(36)33-46-54(18,19)41(3,4)5/h30,34,37H,26-29,31-33H2,1-25H3/t34-,37-/m0/s1. The van der Waals surface area contributed by atoms with Crippen molar-refractivity contribution in [2.75, 3.05) is 11.5 Å². The van der Waals surface area contributed by atoms with Crippen molar-refractivity contribution < 1.29 is 22.1 Å². The minimum atomic E-state index is -2.26. The first kappa shape index (κ1) is 53.6. The Morgan fingerprint density at radius 3 is 1.54 bits per heavy atom. The number of hydrogen-bond donors (Lipinski definition) is 0. The van der Waals surface area contributed by atoms with Gasteiger partial charge < -0.3 is 22.1 Å². The lowest BCUT2D eigenvalue weighted by atomic mass is 9.95. The van der Waals surface area contributed by atoms with Gasteiger partial charge in [0.25, 0.3) is 8.32 Å². The van der Waals surface area contributed by atoms with Crippen LogP contribution in [-0.2, 0) is 26.3 Å². The van der Waals surface area contributed by atoms with Crippen molar-refractivity contribution >= 4 is 65.1 Å². The fourth-order valence-corrected chi connectivity index (χ4v) is 15.2. The Morgan fingerprint density at radius 2 is 1.11 bits per heavy atom. The molecule has 1 aromatic carbocycles. The molecule has 0 N–H and O–H groups in total. The van der Waals surface area contributed by atoms with Crippen molar-refractivity contribution in [3.05, 3.63) is 22.8 Å². The first-order valence-electron chi connectivity index (χ1n) is 22.0. The van der Waals surface area contributed by atoms with Crippen molar-refractivity contribution in [1.82, 2.24) is 0 Å². The van der Waals surface area contributed by atoms with Crippen LogP contribution in [0.25, 0.3) is 0 Å². The molecule has 0 amide bonds. The van der Waals surface area contributed by atoms with Gasteiger partial charge in [0.1, 0.15) is 11.5 Å². The summed E-state index contributed by atoms with van der Waals surface area (Å²) in [7, 11) is -10.4. The van der Waals surface area contributed by atoms with Gasteiger partial charge in [-0.15, -0.1) is 23.5 Å². The summed E-state index contributed by atoms with van der Waals surface area (Å²) < 4.78 is 36.2. The fraction of sp³-hybridized carbons (Fsp3) is 0.867. The van der Waals surface area contributed by atoms with Gasteiger partial charge in [-0.25, -0.2) is 0 Å². The summed E-state index contributed by atoms with van der Waals surface area (Å²) in [6.07, 6.45) is 4.27. The van der Waals surface area contributed by atoms with Crippen LogP contribution in [-0.4, -0.2) is 69.4 Å². The molecule has 1 aromatic rings. The molecule has 12 heteroatoms. The summed E-state index contributed by atoms with van der Waals surface area (Å²) in [5.74, 6) is 4.32. The number of hydrogen-bond acceptors (Lipinski definition) is 7. The van der Waals surface area contributed by atoms with E-state index in [0.29, 0.717) is 6.61 Å². The van der Waals surface area contributed by atoms with Gasteiger partial charge in [-0.05, 0) is 155 Å². The minimum Gasteiger partial charge on any atom is -0.543 e. The Hall–Kier alpha value is 0.484. The van der Waals surface area contributed by atoms with Crippen LogP contribution in [0.5, 0.6) is 11.5 Å². The van der Waals surface area contributed by atoms with Gasteiger partial charge in [0.2, 0.25) is 8.32 Å². The third kappa shape index (κ3) is 14.8. The zero-order chi connectivity index (χ0) is 44.6. The van der Waals surface area contributed by atoms with Gasteiger partial charge in [-0.1, -0.05) is 83.1 Å². The molecule has 334 valence electrons. The van der Waals surface area contributed by atoms with E-state index in [0.717, 1.165) is 47.8 Å². The molecule has 1 aliphatic rings. The number of thioether (sulfide) groups is 2. The van der Waals surface area contributed by atoms with Crippen LogP contribution in [0, 0.1) is 6.92 Å². The maximum Gasteiger partial charge on any atom is 0.250 e. The highest BCUT2D eigenvalue weighted by Gasteiger charge is 2.46. The Kier molecular flexibility index (Phi) is 17.6. The molecule has 0 unspecified atom stereocenters. The van der Waals surface area contributed by atoms with Crippen LogP contribution in [0.2, 0.25) is 92.2 Å². The van der Waals surface area contributed by atoms with Crippen LogP contribution in [0.15, 0.2) is 6.07 Å². The Labute approximate surface area is 368 Å². The molecule has 2 atom stereocenters. The molecule has 2 rings (SSSR count). The second kappa shape index (κ2) is 18.7. The van der Waals surface area contributed by atoms with E-state index in [1.807, 2.05) is 0 Å². The van der Waals surface area contributed by atoms with Gasteiger partial charge >= 0.3 is 0 Å². The highest BCUT2D eigenvalue weighted by Crippen LogP contribution is 2.52. The van der Waals surface area contributed by atoms with Gasteiger partial charge in [-0.3, -0.25) is 0 Å². The van der Waals surface area contributed by atoms with E-state index in [4.69, 9.17) is 22.1 Å². The van der Waals surface area contributed by atoms with Crippen molar-refractivity contribution in [2.45, 2.75) is 238 Å². The van der Waals surface area contributed by atoms with Crippen molar-refractivity contribution in [2.24, 2.45) is 0 Å². The molecule has 0 spiro atoms. The van der Waals surface area contributed by atoms with E-state index in [-0.39, 0.29) is 36.4 Å². The van der Waals surface area contributed by atoms with Crippen LogP contribution >= 0.6 is 23.5 Å². The lowest BCUT2D eigenvalue weighted by Gasteiger charge is -2.43. The minimum absolute atomic E-state index is 0.0360. The molecule has 0 bridgehead atoms. The molecule has 1 aliphatic heterocycles. The van der Waals surface area contributed by atoms with Crippen LogP contribution in [0.4, 0.5) is 0 Å². The summed E-state index contributed by atoms with van der Waals surface area (Å²) in [4.78, 5) is 0. The third-order valence-corrected chi connectivity index (χ3v) is 36.0. The zero-order valence-electron chi connectivity index (χ0n) is 42.0. The molecule has 5 nitrogen and oxygen atoms in total. The Bertz CT molecular complexity index is 1470. The number of benzene rings is 1. The van der Waals surface area contributed by atoms with Crippen molar-refractivity contribution in [1.29, 1.82) is 0 Å². The molecular weight excluding hydrogens is 825 g/mol. The molecular formula is C45H92O5S2Si5. The van der Waals surface area contributed by atoms with Gasteiger partial charge in [0.05, 0.1) is 10.7 Å². The summed E-state index contributed by atoms with van der Waals surface area (Å²) in [5, 5.41) is 0.351. The van der Waals surface area contributed by atoms with Gasteiger partial charge in [0.15, 0.2) is 25.0 Å². The maximum atomic E-state index is 7.52. The quantitative estimate of drug-likeness (QED) is 0.144. The van der Waals surface area contributed by atoms with E-state index in [2.05, 4.69) is 199 Å². The highest BCUT2D eigenvalue weighted by atomic mass is 32.2. The smallest absolute Gasteiger partial charge is 0.250 e. The van der Waals surface area contributed by atoms with Crippen molar-refractivity contribution in [3.63, 3.8) is 0 Å². The van der Waals surface area contributed by atoms with Gasteiger partial charge in [-0.2, -0.15) is 0 Å². The average Bonchev–Trinajstić information content (AvgIpc) is 2.95. The van der Waals surface area contributed by atoms with E-state index >= 15 is 0 Å². The summed E-state index contributed by atoms with van der Waals surface area (Å²) in [5.41, 5.74) is 3.67. The highest BCUT2D eigenvalue weighted by molar-refractivity contribution is 8.18. The predicted octanol–water partition coefficient (Wildman–Crippen LogP) is 15.8. The second-order valence-corrected chi connectivity index (χ2v) is 51.0. The largest absolute Gasteiger partial charge is 0.543 e. The third-order valence-electron chi connectivity index (χ3n) is 13.8. The summed E-state index contributed by atoms with van der Waals surface area (Å²) >= 11 is 4.32. The van der Waals surface area contributed by atoms with E-state index in [1.165, 1.54) is 17.5 Å². The van der Waals surface area contributed by atoms with E-state index < -0.39 is 41.6 Å². The molecule has 1 saturated heterocycles. The van der Waals surface area contributed by atoms with Crippen LogP contribution < -0.4 is 8.85 Å². The molecule has 1 heterocycles. The second-order valence-electron chi connectivity index (χ2n) is 24.4. The van der Waals surface area contributed by atoms with Gasteiger partial charge in [0, 0.05) is 23.3 Å². The lowest BCUT2D eigenvalue weighted by molar-refractivity contribution is 0.0993. The average molecular weight is 918 g/mol. The lowest BCUT2D eigenvalue weighted by Crippen LogP contribution is -2.46. The molecule has 0 aromatic heterocycles. The summed E-state index contributed by atoms with van der Waals surface area (Å²) in [6, 6.07) is 2.42. The maximum absolute atomic E-state index is 7.52. The zero-order valence-corrected chi connectivity index (χ0v) is 48.7. The molecule has 0 aliphatic carbocycles. The van der Waals surface area contributed by atoms with E-state index in [1.54, 1.807) is 0 Å². The molecule has 0 saturated carbocycles. The number of rotatable bonds is 17. The predicted molar refractivity (Wildman–Crippen MR) is 270 cm³/mol. The SMILES string of the molecule is Cc1c(O[Si](C)(C)C(C)(C)C)cc(CC2(C[C@H](C[C@H](C)O[Si](C)(C)C(C)(C)C)O[Si](C)(C)C)SCCCS2)c(CO[Si](C)(C)C(C)(C)C)c1O[Si](C)(C)C(C)(C)C. The fourth-order valence-electron chi connectivity index (χ4n) is 6.02. The first-order valence-corrected chi connectivity index (χ1v) is 39.0. The van der Waals surface area contributed by atoms with Crippen LogP contribution in [0.1, 0.15) is 126 Å².